The summed E-state index contributed by atoms with van der Waals surface area (Å²) in [5.41, 5.74) is 5.47. The highest BCUT2D eigenvalue weighted by atomic mass is 35.5. The number of benzene rings is 1. The van der Waals surface area contributed by atoms with Gasteiger partial charge in [-0.3, -0.25) is 4.79 Å². The van der Waals surface area contributed by atoms with Crippen LogP contribution >= 0.6 is 11.6 Å². The van der Waals surface area contributed by atoms with Crippen molar-refractivity contribution in [1.82, 2.24) is 19.8 Å². The van der Waals surface area contributed by atoms with Gasteiger partial charge in [0, 0.05) is 36.9 Å². The Morgan fingerprint density at radius 3 is 3.10 bits per heavy atom. The van der Waals surface area contributed by atoms with Crippen LogP contribution < -0.4 is 5.32 Å². The molecule has 2 unspecified atom stereocenters. The third-order valence-corrected chi connectivity index (χ3v) is 6.52. The number of carbonyl (C=O) groups is 1. The van der Waals surface area contributed by atoms with E-state index in [1.807, 2.05) is 25.1 Å². The van der Waals surface area contributed by atoms with Gasteiger partial charge in [0.2, 0.25) is 0 Å². The number of fused-ring (bicyclic) bond motifs is 4. The number of rotatable bonds is 5. The van der Waals surface area contributed by atoms with Crippen molar-refractivity contribution in [3.8, 4) is 0 Å². The van der Waals surface area contributed by atoms with Crippen LogP contribution in [0.15, 0.2) is 36.5 Å². The second kappa shape index (κ2) is 8.24. The molecule has 8 heteroatoms. The Labute approximate surface area is 185 Å². The standard InChI is InChI=1S/C23H25ClN4O3/c1-14-18-8-16(24)10-26-22(18)28-7-6-27(11-20(14)28)23(30)21(29)13-31-12-19-17-5-3-2-4-15(17)9-25-19/h2-5,8,10,19,21,25,29H,6-7,9,11-13H2,1H3. The molecule has 0 fully saturated rings. The van der Waals surface area contributed by atoms with E-state index in [2.05, 4.69) is 27.0 Å². The van der Waals surface area contributed by atoms with Gasteiger partial charge in [0.05, 0.1) is 30.8 Å². The molecule has 31 heavy (non-hydrogen) atoms. The predicted molar refractivity (Wildman–Crippen MR) is 118 cm³/mol. The molecule has 162 valence electrons. The van der Waals surface area contributed by atoms with Gasteiger partial charge in [-0.25, -0.2) is 4.98 Å². The number of amides is 1. The first-order valence-electron chi connectivity index (χ1n) is 10.5. The van der Waals surface area contributed by atoms with Crippen LogP contribution in [0.25, 0.3) is 11.0 Å². The fourth-order valence-electron chi connectivity index (χ4n) is 4.63. The average Bonchev–Trinajstić information content (AvgIpc) is 3.32. The maximum Gasteiger partial charge on any atom is 0.254 e. The van der Waals surface area contributed by atoms with E-state index in [4.69, 9.17) is 16.3 Å². The number of aliphatic hydroxyl groups is 1. The first-order valence-corrected chi connectivity index (χ1v) is 10.9. The Kier molecular flexibility index (Phi) is 5.44. The van der Waals surface area contributed by atoms with Crippen molar-refractivity contribution in [1.29, 1.82) is 0 Å². The number of hydrogen-bond acceptors (Lipinski definition) is 5. The summed E-state index contributed by atoms with van der Waals surface area (Å²) < 4.78 is 7.85. The van der Waals surface area contributed by atoms with Crippen LogP contribution in [0.2, 0.25) is 5.02 Å². The predicted octanol–water partition coefficient (Wildman–Crippen LogP) is 2.56. The SMILES string of the molecule is Cc1c2n(c3ncc(Cl)cc13)CCN(C(=O)C(O)COCC1NCc3ccccc31)C2. The molecule has 0 radical (unpaired) electrons. The van der Waals surface area contributed by atoms with Gasteiger partial charge in [0.15, 0.2) is 6.10 Å². The molecule has 0 aliphatic carbocycles. The lowest BCUT2D eigenvalue weighted by Crippen LogP contribution is -2.45. The fourth-order valence-corrected chi connectivity index (χ4v) is 4.79. The highest BCUT2D eigenvalue weighted by Gasteiger charge is 2.29. The molecule has 0 saturated carbocycles. The van der Waals surface area contributed by atoms with Gasteiger partial charge >= 0.3 is 0 Å². The lowest BCUT2D eigenvalue weighted by molar-refractivity contribution is -0.145. The third-order valence-electron chi connectivity index (χ3n) is 6.31. The molecule has 1 amide bonds. The minimum absolute atomic E-state index is 0.0190. The topological polar surface area (TPSA) is 79.6 Å². The Morgan fingerprint density at radius 1 is 1.39 bits per heavy atom. The van der Waals surface area contributed by atoms with Crippen LogP contribution in [-0.4, -0.2) is 51.3 Å². The maximum atomic E-state index is 12.8. The number of aromatic nitrogens is 2. The fraction of sp³-hybridized carbons (Fsp3) is 0.391. The van der Waals surface area contributed by atoms with E-state index in [0.29, 0.717) is 31.3 Å². The Morgan fingerprint density at radius 2 is 2.23 bits per heavy atom. The number of pyridine rings is 1. The van der Waals surface area contributed by atoms with Crippen LogP contribution in [0.3, 0.4) is 0 Å². The summed E-state index contributed by atoms with van der Waals surface area (Å²) in [6, 6.07) is 10.2. The van der Waals surface area contributed by atoms with Crippen molar-refractivity contribution in [2.75, 3.05) is 19.8 Å². The molecule has 2 aliphatic heterocycles. The van der Waals surface area contributed by atoms with Crippen molar-refractivity contribution < 1.29 is 14.6 Å². The summed E-state index contributed by atoms with van der Waals surface area (Å²) in [7, 11) is 0. The summed E-state index contributed by atoms with van der Waals surface area (Å²) in [4.78, 5) is 19.0. The van der Waals surface area contributed by atoms with Crippen molar-refractivity contribution in [3.05, 3.63) is 63.9 Å². The Bertz CT molecular complexity index is 1150. The molecule has 2 N–H and O–H groups in total. The van der Waals surface area contributed by atoms with Crippen LogP contribution in [0.5, 0.6) is 0 Å². The molecular formula is C23H25ClN4O3. The van der Waals surface area contributed by atoms with E-state index in [9.17, 15) is 9.90 Å². The number of hydrogen-bond donors (Lipinski definition) is 2. The number of nitrogens with zero attached hydrogens (tertiary/aromatic N) is 3. The number of aryl methyl sites for hydroxylation is 1. The molecule has 0 spiro atoms. The number of halogens is 1. The number of nitrogens with one attached hydrogen (secondary N) is 1. The largest absolute Gasteiger partial charge is 0.381 e. The molecular weight excluding hydrogens is 416 g/mol. The average molecular weight is 441 g/mol. The van der Waals surface area contributed by atoms with E-state index in [0.717, 1.165) is 28.8 Å². The number of ether oxygens (including phenoxy) is 1. The van der Waals surface area contributed by atoms with Crippen molar-refractivity contribution in [3.63, 3.8) is 0 Å². The zero-order chi connectivity index (χ0) is 21.5. The van der Waals surface area contributed by atoms with Crippen molar-refractivity contribution >= 4 is 28.5 Å². The maximum absolute atomic E-state index is 12.8. The van der Waals surface area contributed by atoms with E-state index in [1.54, 1.807) is 11.1 Å². The van der Waals surface area contributed by atoms with Crippen LogP contribution in [0.1, 0.15) is 28.4 Å². The quantitative estimate of drug-likeness (QED) is 0.637. The minimum atomic E-state index is -1.18. The molecule has 1 aromatic carbocycles. The van der Waals surface area contributed by atoms with Crippen LogP contribution in [0.4, 0.5) is 0 Å². The lowest BCUT2D eigenvalue weighted by atomic mass is 10.1. The first-order chi connectivity index (χ1) is 15.0. The molecule has 5 rings (SSSR count). The summed E-state index contributed by atoms with van der Waals surface area (Å²) in [5.74, 6) is -0.304. The molecule has 0 saturated heterocycles. The van der Waals surface area contributed by atoms with Crippen LogP contribution in [0, 0.1) is 6.92 Å². The van der Waals surface area contributed by atoms with Gasteiger partial charge in [-0.2, -0.15) is 0 Å². The Hall–Kier alpha value is -2.45. The number of carbonyl (C=O) groups excluding carboxylic acids is 1. The normalized spacial score (nSPS) is 18.8. The van der Waals surface area contributed by atoms with E-state index >= 15 is 0 Å². The van der Waals surface area contributed by atoms with Gasteiger partial charge in [-0.1, -0.05) is 35.9 Å². The van der Waals surface area contributed by atoms with Gasteiger partial charge in [-0.05, 0) is 29.7 Å². The molecule has 0 bridgehead atoms. The molecule has 4 heterocycles. The third kappa shape index (κ3) is 3.72. The van der Waals surface area contributed by atoms with E-state index < -0.39 is 6.10 Å². The molecule has 2 aliphatic rings. The summed E-state index contributed by atoms with van der Waals surface area (Å²) in [5, 5.41) is 15.5. The summed E-state index contributed by atoms with van der Waals surface area (Å²) in [6.07, 6.45) is 0.466. The first kappa shape index (κ1) is 20.5. The smallest absolute Gasteiger partial charge is 0.254 e. The van der Waals surface area contributed by atoms with Gasteiger partial charge < -0.3 is 24.6 Å². The van der Waals surface area contributed by atoms with Gasteiger partial charge in [-0.15, -0.1) is 0 Å². The molecule has 2 atom stereocenters. The minimum Gasteiger partial charge on any atom is -0.381 e. The zero-order valence-electron chi connectivity index (χ0n) is 17.3. The highest BCUT2D eigenvalue weighted by Crippen LogP contribution is 2.30. The molecule has 7 nitrogen and oxygen atoms in total. The molecule has 3 aromatic rings. The Balaban J connectivity index is 1.21. The summed E-state index contributed by atoms with van der Waals surface area (Å²) in [6.45, 7) is 4.83. The van der Waals surface area contributed by atoms with Gasteiger partial charge in [0.1, 0.15) is 5.65 Å². The summed E-state index contributed by atoms with van der Waals surface area (Å²) >= 11 is 6.11. The van der Waals surface area contributed by atoms with Crippen molar-refractivity contribution in [2.24, 2.45) is 0 Å². The second-order valence-corrected chi connectivity index (χ2v) is 8.63. The monoisotopic (exact) mass is 440 g/mol. The van der Waals surface area contributed by atoms with Crippen molar-refractivity contribution in [2.45, 2.75) is 38.7 Å². The van der Waals surface area contributed by atoms with Crippen LogP contribution in [-0.2, 0) is 29.2 Å². The van der Waals surface area contributed by atoms with E-state index in [-0.39, 0.29) is 18.6 Å². The number of aliphatic hydroxyl groups excluding tert-OH is 1. The zero-order valence-corrected chi connectivity index (χ0v) is 18.1. The highest BCUT2D eigenvalue weighted by molar-refractivity contribution is 6.31. The molecule has 2 aromatic heterocycles. The van der Waals surface area contributed by atoms with E-state index in [1.165, 1.54) is 11.1 Å². The second-order valence-electron chi connectivity index (χ2n) is 8.19. The van der Waals surface area contributed by atoms with Gasteiger partial charge in [0.25, 0.3) is 5.91 Å². The lowest BCUT2D eigenvalue weighted by Gasteiger charge is -2.31.